The standard InChI is InChI=1S/C17H21NO3S2/c1-18(2)23(19,20)17-10-8-16(9-11-17)21-12-13-22-14-15-6-4-3-5-7-15/h3-11H,12-14H2,1-2H3. The number of nitrogens with zero attached hydrogens (tertiary/aromatic N) is 1. The van der Waals surface area contributed by atoms with E-state index >= 15 is 0 Å². The average molecular weight is 351 g/mol. The SMILES string of the molecule is CN(C)S(=O)(=O)c1ccc(OCCSCc2ccccc2)cc1. The van der Waals surface area contributed by atoms with Gasteiger partial charge in [0.2, 0.25) is 10.0 Å². The van der Waals surface area contributed by atoms with Gasteiger partial charge in [0.1, 0.15) is 5.75 Å². The highest BCUT2D eigenvalue weighted by Crippen LogP contribution is 2.18. The van der Waals surface area contributed by atoms with Crippen molar-refractivity contribution in [1.29, 1.82) is 0 Å². The first-order valence-electron chi connectivity index (χ1n) is 7.27. The Labute approximate surface area is 142 Å². The van der Waals surface area contributed by atoms with Gasteiger partial charge in [0, 0.05) is 25.6 Å². The fourth-order valence-corrected chi connectivity index (χ4v) is 3.58. The zero-order valence-corrected chi connectivity index (χ0v) is 14.9. The predicted octanol–water partition coefficient (Wildman–Crippen LogP) is 3.25. The second-order valence-electron chi connectivity index (χ2n) is 5.15. The van der Waals surface area contributed by atoms with Crippen molar-refractivity contribution < 1.29 is 13.2 Å². The van der Waals surface area contributed by atoms with Crippen LogP contribution in [0.5, 0.6) is 5.75 Å². The van der Waals surface area contributed by atoms with Gasteiger partial charge in [-0.3, -0.25) is 0 Å². The van der Waals surface area contributed by atoms with Gasteiger partial charge in [-0.05, 0) is 29.8 Å². The Hall–Kier alpha value is -1.50. The summed E-state index contributed by atoms with van der Waals surface area (Å²) in [5.74, 6) is 2.53. The maximum absolute atomic E-state index is 12.0. The Bertz CT molecular complexity index is 698. The van der Waals surface area contributed by atoms with Crippen LogP contribution < -0.4 is 4.74 Å². The van der Waals surface area contributed by atoms with Crippen molar-refractivity contribution in [3.05, 3.63) is 60.2 Å². The smallest absolute Gasteiger partial charge is 0.242 e. The van der Waals surface area contributed by atoms with Crippen LogP contribution in [-0.2, 0) is 15.8 Å². The minimum Gasteiger partial charge on any atom is -0.493 e. The van der Waals surface area contributed by atoms with Crippen LogP contribution >= 0.6 is 11.8 Å². The lowest BCUT2D eigenvalue weighted by molar-refractivity contribution is 0.343. The molecule has 0 saturated carbocycles. The lowest BCUT2D eigenvalue weighted by Crippen LogP contribution is -2.22. The first kappa shape index (κ1) is 17.8. The molecule has 0 unspecified atom stereocenters. The molecule has 6 heteroatoms. The zero-order chi connectivity index (χ0) is 16.7. The molecule has 0 spiro atoms. The average Bonchev–Trinajstić information content (AvgIpc) is 2.56. The summed E-state index contributed by atoms with van der Waals surface area (Å²) >= 11 is 1.81. The zero-order valence-electron chi connectivity index (χ0n) is 13.3. The molecular weight excluding hydrogens is 330 g/mol. The van der Waals surface area contributed by atoms with Gasteiger partial charge in [-0.15, -0.1) is 0 Å². The molecule has 4 nitrogen and oxygen atoms in total. The monoisotopic (exact) mass is 351 g/mol. The van der Waals surface area contributed by atoms with Crippen LogP contribution in [0.2, 0.25) is 0 Å². The first-order valence-corrected chi connectivity index (χ1v) is 9.86. The van der Waals surface area contributed by atoms with Gasteiger partial charge in [-0.2, -0.15) is 11.8 Å². The van der Waals surface area contributed by atoms with Crippen LogP contribution in [0.1, 0.15) is 5.56 Å². The number of rotatable bonds is 8. The van der Waals surface area contributed by atoms with Crippen molar-refractivity contribution in [1.82, 2.24) is 4.31 Å². The van der Waals surface area contributed by atoms with Crippen LogP contribution in [0.3, 0.4) is 0 Å². The fourth-order valence-electron chi connectivity index (χ4n) is 1.90. The summed E-state index contributed by atoms with van der Waals surface area (Å²) in [6.07, 6.45) is 0. The lowest BCUT2D eigenvalue weighted by Gasteiger charge is -2.12. The Kier molecular flexibility index (Phi) is 6.50. The van der Waals surface area contributed by atoms with Crippen molar-refractivity contribution in [2.24, 2.45) is 0 Å². The molecule has 0 fully saturated rings. The summed E-state index contributed by atoms with van der Waals surface area (Å²) in [4.78, 5) is 0.272. The van der Waals surface area contributed by atoms with Crippen molar-refractivity contribution in [3.8, 4) is 5.75 Å². The summed E-state index contributed by atoms with van der Waals surface area (Å²) in [6.45, 7) is 0.595. The van der Waals surface area contributed by atoms with E-state index in [-0.39, 0.29) is 4.90 Å². The van der Waals surface area contributed by atoms with E-state index < -0.39 is 10.0 Å². The minimum atomic E-state index is -3.38. The van der Waals surface area contributed by atoms with E-state index in [1.165, 1.54) is 24.0 Å². The van der Waals surface area contributed by atoms with E-state index in [1.807, 2.05) is 30.0 Å². The van der Waals surface area contributed by atoms with E-state index in [0.717, 1.165) is 11.5 Å². The van der Waals surface area contributed by atoms with Crippen molar-refractivity contribution in [2.45, 2.75) is 10.6 Å². The molecule has 2 aromatic rings. The summed E-state index contributed by atoms with van der Waals surface area (Å²) in [5.41, 5.74) is 1.30. The molecule has 0 N–H and O–H groups in total. The second-order valence-corrected chi connectivity index (χ2v) is 8.40. The molecule has 0 atom stereocenters. The summed E-state index contributed by atoms with van der Waals surface area (Å²) in [6, 6.07) is 16.8. The van der Waals surface area contributed by atoms with Crippen molar-refractivity contribution in [2.75, 3.05) is 26.5 Å². The maximum atomic E-state index is 12.0. The molecule has 2 rings (SSSR count). The van der Waals surface area contributed by atoms with Crippen LogP contribution in [0.25, 0.3) is 0 Å². The highest BCUT2D eigenvalue weighted by molar-refractivity contribution is 7.98. The summed E-state index contributed by atoms with van der Waals surface area (Å²) in [7, 11) is -0.345. The Balaban J connectivity index is 1.76. The van der Waals surface area contributed by atoms with Crippen molar-refractivity contribution in [3.63, 3.8) is 0 Å². The Morgan fingerprint density at radius 2 is 1.65 bits per heavy atom. The molecule has 0 aliphatic carbocycles. The second kappa shape index (κ2) is 8.38. The van der Waals surface area contributed by atoms with E-state index in [9.17, 15) is 8.42 Å². The van der Waals surface area contributed by atoms with Gasteiger partial charge in [-0.1, -0.05) is 30.3 Å². The van der Waals surface area contributed by atoms with Gasteiger partial charge in [0.25, 0.3) is 0 Å². The number of sulfonamides is 1. The number of thioether (sulfide) groups is 1. The molecule has 0 amide bonds. The van der Waals surface area contributed by atoms with Crippen LogP contribution in [0.4, 0.5) is 0 Å². The van der Waals surface area contributed by atoms with Gasteiger partial charge < -0.3 is 4.74 Å². The molecule has 0 radical (unpaired) electrons. The van der Waals surface area contributed by atoms with Gasteiger partial charge in [-0.25, -0.2) is 12.7 Å². The number of hydrogen-bond acceptors (Lipinski definition) is 4. The van der Waals surface area contributed by atoms with Crippen molar-refractivity contribution >= 4 is 21.8 Å². The summed E-state index contributed by atoms with van der Waals surface area (Å²) in [5, 5.41) is 0. The molecule has 0 aliphatic rings. The maximum Gasteiger partial charge on any atom is 0.242 e. The molecule has 23 heavy (non-hydrogen) atoms. The van der Waals surface area contributed by atoms with E-state index in [2.05, 4.69) is 12.1 Å². The van der Waals surface area contributed by atoms with E-state index in [4.69, 9.17) is 4.74 Å². The number of ether oxygens (including phenoxy) is 1. The topological polar surface area (TPSA) is 46.6 Å². The van der Waals surface area contributed by atoms with E-state index in [0.29, 0.717) is 12.4 Å². The third kappa shape index (κ3) is 5.27. The van der Waals surface area contributed by atoms with Gasteiger partial charge >= 0.3 is 0 Å². The number of benzene rings is 2. The molecule has 0 heterocycles. The van der Waals surface area contributed by atoms with Gasteiger partial charge in [0.15, 0.2) is 0 Å². The highest BCUT2D eigenvalue weighted by Gasteiger charge is 2.16. The molecule has 0 aromatic heterocycles. The molecule has 0 saturated heterocycles. The lowest BCUT2D eigenvalue weighted by atomic mass is 10.2. The third-order valence-electron chi connectivity index (χ3n) is 3.21. The summed E-state index contributed by atoms with van der Waals surface area (Å²) < 4.78 is 30.8. The Morgan fingerprint density at radius 1 is 1.00 bits per heavy atom. The van der Waals surface area contributed by atoms with Gasteiger partial charge in [0.05, 0.1) is 11.5 Å². The van der Waals surface area contributed by atoms with Crippen LogP contribution in [-0.4, -0.2) is 39.2 Å². The molecule has 124 valence electrons. The minimum absolute atomic E-state index is 0.272. The molecule has 0 aliphatic heterocycles. The quantitative estimate of drug-likeness (QED) is 0.685. The largest absolute Gasteiger partial charge is 0.493 e. The molecule has 2 aromatic carbocycles. The molecule has 0 bridgehead atoms. The first-order chi connectivity index (χ1) is 11.0. The van der Waals surface area contributed by atoms with E-state index in [1.54, 1.807) is 24.3 Å². The molecular formula is C17H21NO3S2. The highest BCUT2D eigenvalue weighted by atomic mass is 32.2. The Morgan fingerprint density at radius 3 is 2.26 bits per heavy atom. The van der Waals surface area contributed by atoms with Crippen LogP contribution in [0, 0.1) is 0 Å². The van der Waals surface area contributed by atoms with Crippen LogP contribution in [0.15, 0.2) is 59.5 Å². The normalized spacial score (nSPS) is 11.6. The third-order valence-corrected chi connectivity index (χ3v) is 6.03. The predicted molar refractivity (Wildman–Crippen MR) is 95.4 cm³/mol. The fraction of sp³-hybridized carbons (Fsp3) is 0.294. The number of hydrogen-bond donors (Lipinski definition) is 0.